The van der Waals surface area contributed by atoms with Crippen molar-refractivity contribution in [3.8, 4) is 0 Å². The molecule has 0 aromatic heterocycles. The van der Waals surface area contributed by atoms with Crippen LogP contribution in [0.15, 0.2) is 24.3 Å². The Hall–Kier alpha value is -0.930. The maximum atomic E-state index is 5.68. The molecule has 1 unspecified atom stereocenters. The van der Waals surface area contributed by atoms with Crippen LogP contribution < -0.4 is 5.73 Å². The van der Waals surface area contributed by atoms with Gasteiger partial charge in [-0.25, -0.2) is 0 Å². The van der Waals surface area contributed by atoms with Gasteiger partial charge < -0.3 is 5.73 Å². The number of hydrogen-bond acceptors (Lipinski definition) is 2. The molecule has 0 saturated carbocycles. The van der Waals surface area contributed by atoms with Gasteiger partial charge in [-0.2, -0.15) is 0 Å². The third-order valence-corrected chi connectivity index (χ3v) is 3.96. The molecule has 2 nitrogen and oxygen atoms in total. The zero-order chi connectivity index (χ0) is 13.0. The van der Waals surface area contributed by atoms with Crippen molar-refractivity contribution in [1.29, 1.82) is 0 Å². The molecule has 1 aromatic carbocycles. The topological polar surface area (TPSA) is 29.3 Å². The highest BCUT2D eigenvalue weighted by molar-refractivity contribution is 7.80. The highest BCUT2D eigenvalue weighted by Crippen LogP contribution is 2.18. The summed E-state index contributed by atoms with van der Waals surface area (Å²) >= 11 is 5.03. The summed E-state index contributed by atoms with van der Waals surface area (Å²) in [7, 11) is 0. The maximum Gasteiger partial charge on any atom is 0.103 e. The van der Waals surface area contributed by atoms with Gasteiger partial charge in [0.2, 0.25) is 0 Å². The van der Waals surface area contributed by atoms with Gasteiger partial charge >= 0.3 is 0 Å². The summed E-state index contributed by atoms with van der Waals surface area (Å²) in [5.74, 6) is 0.873. The molecule has 0 radical (unpaired) electrons. The van der Waals surface area contributed by atoms with Gasteiger partial charge in [-0.15, -0.1) is 0 Å². The van der Waals surface area contributed by atoms with E-state index in [1.807, 2.05) is 12.1 Å². The van der Waals surface area contributed by atoms with Crippen LogP contribution in [0.25, 0.3) is 0 Å². The molecule has 0 bridgehead atoms. The Bertz CT molecular complexity index is 417. The Kier molecular flexibility index (Phi) is 4.72. The summed E-state index contributed by atoms with van der Waals surface area (Å²) in [6.45, 7) is 5.79. The van der Waals surface area contributed by atoms with Crippen molar-refractivity contribution in [1.82, 2.24) is 4.90 Å². The fourth-order valence-corrected chi connectivity index (χ4v) is 2.69. The smallest absolute Gasteiger partial charge is 0.103 e. The molecular weight excluding hydrogens is 240 g/mol. The van der Waals surface area contributed by atoms with Gasteiger partial charge in [-0.05, 0) is 49.9 Å². The molecule has 3 heteroatoms. The zero-order valence-corrected chi connectivity index (χ0v) is 11.9. The number of hydrogen-bond donors (Lipinski definition) is 1. The van der Waals surface area contributed by atoms with E-state index in [9.17, 15) is 0 Å². The molecule has 1 heterocycles. The first-order chi connectivity index (χ1) is 8.65. The fraction of sp³-hybridized carbons (Fsp3) is 0.533. The Labute approximate surface area is 115 Å². The molecule has 2 N–H and O–H groups in total. The molecule has 0 aliphatic carbocycles. The van der Waals surface area contributed by atoms with Gasteiger partial charge in [0, 0.05) is 12.1 Å². The van der Waals surface area contributed by atoms with E-state index in [-0.39, 0.29) is 0 Å². The summed E-state index contributed by atoms with van der Waals surface area (Å²) in [5, 5.41) is 0. The van der Waals surface area contributed by atoms with Crippen LogP contribution in [0.3, 0.4) is 0 Å². The lowest BCUT2D eigenvalue weighted by Gasteiger charge is -2.20. The second-order valence-electron chi connectivity index (χ2n) is 5.38. The number of rotatable bonds is 3. The van der Waals surface area contributed by atoms with E-state index in [4.69, 9.17) is 18.0 Å². The Morgan fingerprint density at radius 1 is 1.39 bits per heavy atom. The molecule has 18 heavy (non-hydrogen) atoms. The van der Waals surface area contributed by atoms with Crippen LogP contribution in [0, 0.1) is 5.92 Å². The molecular formula is C15H22N2S. The lowest BCUT2D eigenvalue weighted by Crippen LogP contribution is -2.24. The molecule has 98 valence electrons. The number of thiocarbonyl (C=S) groups is 1. The minimum Gasteiger partial charge on any atom is -0.389 e. The van der Waals surface area contributed by atoms with E-state index in [1.165, 1.54) is 37.9 Å². The van der Waals surface area contributed by atoms with Gasteiger partial charge in [-0.1, -0.05) is 37.3 Å². The molecule has 1 aromatic rings. The summed E-state index contributed by atoms with van der Waals surface area (Å²) in [5.41, 5.74) is 7.97. The second kappa shape index (κ2) is 6.30. The van der Waals surface area contributed by atoms with E-state index in [0.717, 1.165) is 18.0 Å². The third-order valence-electron chi connectivity index (χ3n) is 3.73. The monoisotopic (exact) mass is 262 g/mol. The highest BCUT2D eigenvalue weighted by atomic mass is 32.1. The van der Waals surface area contributed by atoms with Crippen molar-refractivity contribution in [2.75, 3.05) is 13.1 Å². The van der Waals surface area contributed by atoms with Gasteiger partial charge in [0.1, 0.15) is 4.99 Å². The van der Waals surface area contributed by atoms with Crippen molar-refractivity contribution in [2.45, 2.75) is 32.7 Å². The Morgan fingerprint density at radius 2 is 2.22 bits per heavy atom. The zero-order valence-electron chi connectivity index (χ0n) is 11.1. The SMILES string of the molecule is CC1CCCN(Cc2cccc(C(N)=S)c2)CC1. The van der Waals surface area contributed by atoms with E-state index < -0.39 is 0 Å². The first-order valence-electron chi connectivity index (χ1n) is 6.76. The predicted octanol–water partition coefficient (Wildman–Crippen LogP) is 2.94. The largest absolute Gasteiger partial charge is 0.389 e. The van der Waals surface area contributed by atoms with Gasteiger partial charge in [-0.3, -0.25) is 4.90 Å². The van der Waals surface area contributed by atoms with E-state index >= 15 is 0 Å². The Morgan fingerprint density at radius 3 is 3.00 bits per heavy atom. The molecule has 1 saturated heterocycles. The van der Waals surface area contributed by atoms with E-state index in [2.05, 4.69) is 24.0 Å². The van der Waals surface area contributed by atoms with Crippen molar-refractivity contribution >= 4 is 17.2 Å². The molecule has 1 atom stereocenters. The van der Waals surface area contributed by atoms with Crippen molar-refractivity contribution in [2.24, 2.45) is 11.7 Å². The van der Waals surface area contributed by atoms with Crippen LogP contribution in [0.2, 0.25) is 0 Å². The summed E-state index contributed by atoms with van der Waals surface area (Å²) < 4.78 is 0. The average Bonchev–Trinajstić information content (AvgIpc) is 2.55. The summed E-state index contributed by atoms with van der Waals surface area (Å²) in [4.78, 5) is 3.03. The van der Waals surface area contributed by atoms with Crippen LogP contribution in [-0.2, 0) is 6.54 Å². The van der Waals surface area contributed by atoms with Crippen LogP contribution in [-0.4, -0.2) is 23.0 Å². The van der Waals surface area contributed by atoms with Crippen LogP contribution >= 0.6 is 12.2 Å². The number of likely N-dealkylation sites (tertiary alicyclic amines) is 1. The lowest BCUT2D eigenvalue weighted by molar-refractivity contribution is 0.273. The number of nitrogens with two attached hydrogens (primary N) is 1. The van der Waals surface area contributed by atoms with Gasteiger partial charge in [0.15, 0.2) is 0 Å². The van der Waals surface area contributed by atoms with Crippen molar-refractivity contribution in [3.63, 3.8) is 0 Å². The van der Waals surface area contributed by atoms with Crippen molar-refractivity contribution < 1.29 is 0 Å². The molecule has 1 aliphatic rings. The minimum absolute atomic E-state index is 0.487. The van der Waals surface area contributed by atoms with E-state index in [0.29, 0.717) is 4.99 Å². The van der Waals surface area contributed by atoms with Crippen LogP contribution in [0.4, 0.5) is 0 Å². The number of benzene rings is 1. The highest BCUT2D eigenvalue weighted by Gasteiger charge is 2.13. The number of nitrogens with zero attached hydrogens (tertiary/aromatic N) is 1. The van der Waals surface area contributed by atoms with Gasteiger partial charge in [0.05, 0.1) is 0 Å². The average molecular weight is 262 g/mol. The molecule has 0 spiro atoms. The normalized spacial score (nSPS) is 21.5. The lowest BCUT2D eigenvalue weighted by atomic mass is 10.0. The quantitative estimate of drug-likeness (QED) is 0.849. The van der Waals surface area contributed by atoms with Gasteiger partial charge in [0.25, 0.3) is 0 Å². The van der Waals surface area contributed by atoms with Crippen molar-refractivity contribution in [3.05, 3.63) is 35.4 Å². The second-order valence-corrected chi connectivity index (χ2v) is 5.82. The molecule has 2 rings (SSSR count). The molecule has 1 aliphatic heterocycles. The maximum absolute atomic E-state index is 5.68. The minimum atomic E-state index is 0.487. The fourth-order valence-electron chi connectivity index (χ4n) is 2.56. The Balaban J connectivity index is 2.00. The molecule has 1 fully saturated rings. The molecule has 0 amide bonds. The third kappa shape index (κ3) is 3.79. The van der Waals surface area contributed by atoms with Crippen LogP contribution in [0.1, 0.15) is 37.3 Å². The predicted molar refractivity (Wildman–Crippen MR) is 80.6 cm³/mol. The van der Waals surface area contributed by atoms with Crippen LogP contribution in [0.5, 0.6) is 0 Å². The summed E-state index contributed by atoms with van der Waals surface area (Å²) in [6, 6.07) is 8.31. The first kappa shape index (κ1) is 13.5. The standard InChI is InChI=1S/C15H22N2S/c1-12-4-3-8-17(9-7-12)11-13-5-2-6-14(10-13)15(16)18/h2,5-6,10,12H,3-4,7-9,11H2,1H3,(H2,16,18). The van der Waals surface area contributed by atoms with E-state index in [1.54, 1.807) is 0 Å². The summed E-state index contributed by atoms with van der Waals surface area (Å²) in [6.07, 6.45) is 3.99. The first-order valence-corrected chi connectivity index (χ1v) is 7.17.